The highest BCUT2D eigenvalue weighted by atomic mass is 16.6. The van der Waals surface area contributed by atoms with Crippen LogP contribution in [0.5, 0.6) is 0 Å². The van der Waals surface area contributed by atoms with E-state index in [0.29, 0.717) is 5.69 Å². The van der Waals surface area contributed by atoms with Gasteiger partial charge in [-0.25, -0.2) is 0 Å². The van der Waals surface area contributed by atoms with E-state index in [1.165, 1.54) is 7.11 Å². The van der Waals surface area contributed by atoms with E-state index >= 15 is 0 Å². The summed E-state index contributed by atoms with van der Waals surface area (Å²) < 4.78 is 14.6. The average molecular weight is 458 g/mol. The van der Waals surface area contributed by atoms with Crippen molar-refractivity contribution in [2.75, 3.05) is 19.0 Å². The largest absolute Gasteiger partial charge is 0.469 e. The number of anilines is 1. The first-order valence-corrected chi connectivity index (χ1v) is 10.2. The zero-order valence-corrected chi connectivity index (χ0v) is 18.6. The molecule has 10 heteroatoms. The van der Waals surface area contributed by atoms with E-state index in [4.69, 9.17) is 9.47 Å². The van der Waals surface area contributed by atoms with Gasteiger partial charge < -0.3 is 24.8 Å². The SMILES string of the molecule is COC(=O)CCCNC(=O)C(OC(C)=O)C(OC(C)=O)C(=O)Nc1ccc2ccccc2c1. The molecule has 176 valence electrons. The first-order chi connectivity index (χ1) is 15.7. The molecule has 2 unspecified atom stereocenters. The minimum Gasteiger partial charge on any atom is -0.469 e. The predicted molar refractivity (Wildman–Crippen MR) is 118 cm³/mol. The molecular weight excluding hydrogens is 432 g/mol. The van der Waals surface area contributed by atoms with Crippen molar-refractivity contribution in [2.24, 2.45) is 0 Å². The number of hydrogen-bond donors (Lipinski definition) is 2. The Morgan fingerprint density at radius 2 is 1.45 bits per heavy atom. The van der Waals surface area contributed by atoms with E-state index in [2.05, 4.69) is 15.4 Å². The second-order valence-corrected chi connectivity index (χ2v) is 7.08. The maximum atomic E-state index is 12.9. The van der Waals surface area contributed by atoms with Crippen LogP contribution in [0.25, 0.3) is 10.8 Å². The summed E-state index contributed by atoms with van der Waals surface area (Å²) in [6, 6.07) is 12.7. The first-order valence-electron chi connectivity index (χ1n) is 10.2. The molecule has 2 rings (SSSR count). The molecule has 0 aliphatic heterocycles. The van der Waals surface area contributed by atoms with Crippen molar-refractivity contribution in [1.29, 1.82) is 0 Å². The number of fused-ring (bicyclic) bond motifs is 1. The number of nitrogens with one attached hydrogen (secondary N) is 2. The molecular formula is C23H26N2O8. The summed E-state index contributed by atoms with van der Waals surface area (Å²) in [6.45, 7) is 2.17. The number of ether oxygens (including phenoxy) is 3. The fourth-order valence-corrected chi connectivity index (χ4v) is 2.99. The van der Waals surface area contributed by atoms with Gasteiger partial charge in [-0.15, -0.1) is 0 Å². The van der Waals surface area contributed by atoms with Crippen LogP contribution in [-0.4, -0.2) is 55.6 Å². The number of amides is 2. The van der Waals surface area contributed by atoms with Gasteiger partial charge in [0.05, 0.1) is 7.11 Å². The molecule has 2 N–H and O–H groups in total. The van der Waals surface area contributed by atoms with E-state index < -0.39 is 41.9 Å². The van der Waals surface area contributed by atoms with Gasteiger partial charge in [0, 0.05) is 32.5 Å². The Hall–Kier alpha value is -3.95. The molecule has 0 saturated carbocycles. The standard InChI is InChI=1S/C23H26N2O8/c1-14(26)32-20(22(29)24-12-6-9-19(28)31-3)21(33-15(2)27)23(30)25-18-11-10-16-7-4-5-8-17(16)13-18/h4-5,7-8,10-11,13,20-21H,6,9,12H2,1-3H3,(H,24,29)(H,25,30). The van der Waals surface area contributed by atoms with E-state index in [-0.39, 0.29) is 19.4 Å². The number of carbonyl (C=O) groups excluding carboxylic acids is 5. The smallest absolute Gasteiger partial charge is 0.305 e. The molecule has 2 amide bonds. The minimum absolute atomic E-state index is 0.0464. The lowest BCUT2D eigenvalue weighted by Gasteiger charge is -2.24. The Morgan fingerprint density at radius 3 is 2.06 bits per heavy atom. The highest BCUT2D eigenvalue weighted by Gasteiger charge is 2.39. The Labute approximate surface area is 190 Å². The second-order valence-electron chi connectivity index (χ2n) is 7.08. The van der Waals surface area contributed by atoms with Gasteiger partial charge in [0.2, 0.25) is 12.2 Å². The van der Waals surface area contributed by atoms with Gasteiger partial charge in [0.1, 0.15) is 0 Å². The lowest BCUT2D eigenvalue weighted by Crippen LogP contribution is -2.51. The molecule has 0 radical (unpaired) electrons. The van der Waals surface area contributed by atoms with Gasteiger partial charge in [0.25, 0.3) is 11.8 Å². The molecule has 10 nitrogen and oxygen atoms in total. The molecule has 0 aromatic heterocycles. The lowest BCUT2D eigenvalue weighted by atomic mass is 10.1. The molecule has 0 bridgehead atoms. The summed E-state index contributed by atoms with van der Waals surface area (Å²) in [5.41, 5.74) is 0.399. The molecule has 0 heterocycles. The summed E-state index contributed by atoms with van der Waals surface area (Å²) in [4.78, 5) is 60.1. The number of methoxy groups -OCH3 is 1. The quantitative estimate of drug-likeness (QED) is 0.312. The maximum absolute atomic E-state index is 12.9. The van der Waals surface area contributed by atoms with E-state index in [1.54, 1.807) is 18.2 Å². The van der Waals surface area contributed by atoms with Crippen LogP contribution < -0.4 is 10.6 Å². The summed E-state index contributed by atoms with van der Waals surface area (Å²) in [5.74, 6) is -3.84. The Bertz CT molecular complexity index is 1040. The van der Waals surface area contributed by atoms with Crippen molar-refractivity contribution in [3.05, 3.63) is 42.5 Å². The van der Waals surface area contributed by atoms with Crippen LogP contribution in [0, 0.1) is 0 Å². The van der Waals surface area contributed by atoms with Crippen LogP contribution in [0.3, 0.4) is 0 Å². The molecule has 0 spiro atoms. The predicted octanol–water partition coefficient (Wildman–Crippen LogP) is 1.71. The zero-order valence-electron chi connectivity index (χ0n) is 18.6. The van der Waals surface area contributed by atoms with Crippen molar-refractivity contribution in [3.63, 3.8) is 0 Å². The third-order valence-corrected chi connectivity index (χ3v) is 4.48. The number of esters is 3. The summed E-state index contributed by atoms with van der Waals surface area (Å²) in [7, 11) is 1.25. The fourth-order valence-electron chi connectivity index (χ4n) is 2.99. The van der Waals surface area contributed by atoms with Gasteiger partial charge in [-0.3, -0.25) is 24.0 Å². The Kier molecular flexibility index (Phi) is 9.34. The van der Waals surface area contributed by atoms with Gasteiger partial charge >= 0.3 is 17.9 Å². The minimum atomic E-state index is -1.74. The molecule has 33 heavy (non-hydrogen) atoms. The van der Waals surface area contributed by atoms with Crippen LogP contribution in [0.1, 0.15) is 26.7 Å². The Balaban J connectivity index is 2.18. The van der Waals surface area contributed by atoms with Crippen LogP contribution in [0.2, 0.25) is 0 Å². The van der Waals surface area contributed by atoms with Crippen molar-refractivity contribution in [1.82, 2.24) is 5.32 Å². The number of carbonyl (C=O) groups is 5. The number of rotatable bonds is 10. The Morgan fingerprint density at radius 1 is 0.848 bits per heavy atom. The van der Waals surface area contributed by atoms with Crippen molar-refractivity contribution < 1.29 is 38.2 Å². The lowest BCUT2D eigenvalue weighted by molar-refractivity contribution is -0.173. The van der Waals surface area contributed by atoms with Crippen LogP contribution in [0.4, 0.5) is 5.69 Å². The van der Waals surface area contributed by atoms with Crippen molar-refractivity contribution in [3.8, 4) is 0 Å². The number of benzene rings is 2. The van der Waals surface area contributed by atoms with Crippen LogP contribution >= 0.6 is 0 Å². The zero-order chi connectivity index (χ0) is 24.4. The summed E-state index contributed by atoms with van der Waals surface area (Å²) in [5, 5.41) is 6.87. The average Bonchev–Trinajstić information content (AvgIpc) is 2.78. The van der Waals surface area contributed by atoms with Gasteiger partial charge in [-0.1, -0.05) is 30.3 Å². The van der Waals surface area contributed by atoms with Gasteiger partial charge in [-0.2, -0.15) is 0 Å². The first kappa shape index (κ1) is 25.3. The molecule has 2 aromatic carbocycles. The highest BCUT2D eigenvalue weighted by Crippen LogP contribution is 2.20. The van der Waals surface area contributed by atoms with Crippen molar-refractivity contribution >= 4 is 46.2 Å². The summed E-state index contributed by atoms with van der Waals surface area (Å²) in [6.07, 6.45) is -3.15. The van der Waals surface area contributed by atoms with E-state index in [0.717, 1.165) is 24.6 Å². The fraction of sp³-hybridized carbons (Fsp3) is 0.348. The molecule has 0 saturated heterocycles. The topological polar surface area (TPSA) is 137 Å². The van der Waals surface area contributed by atoms with Gasteiger partial charge in [0.15, 0.2) is 0 Å². The number of hydrogen-bond acceptors (Lipinski definition) is 8. The van der Waals surface area contributed by atoms with Crippen molar-refractivity contribution in [2.45, 2.75) is 38.9 Å². The third-order valence-electron chi connectivity index (χ3n) is 4.48. The van der Waals surface area contributed by atoms with Crippen LogP contribution in [-0.2, 0) is 38.2 Å². The molecule has 0 aliphatic rings. The second kappa shape index (κ2) is 12.2. The van der Waals surface area contributed by atoms with Crippen LogP contribution in [0.15, 0.2) is 42.5 Å². The summed E-state index contributed by atoms with van der Waals surface area (Å²) >= 11 is 0. The molecule has 0 fully saturated rings. The third kappa shape index (κ3) is 7.91. The maximum Gasteiger partial charge on any atom is 0.305 e. The normalized spacial score (nSPS) is 12.2. The van der Waals surface area contributed by atoms with Gasteiger partial charge in [-0.05, 0) is 29.3 Å². The monoisotopic (exact) mass is 458 g/mol. The van der Waals surface area contributed by atoms with E-state index in [1.807, 2.05) is 24.3 Å². The van der Waals surface area contributed by atoms with E-state index in [9.17, 15) is 24.0 Å². The molecule has 2 atom stereocenters. The highest BCUT2D eigenvalue weighted by molar-refractivity contribution is 6.01. The molecule has 2 aromatic rings. The molecule has 0 aliphatic carbocycles.